The first-order valence-electron chi connectivity index (χ1n) is 12.0. The number of benzene rings is 1. The van der Waals surface area contributed by atoms with Gasteiger partial charge < -0.3 is 19.7 Å². The summed E-state index contributed by atoms with van der Waals surface area (Å²) in [5.41, 5.74) is 4.26. The second kappa shape index (κ2) is 8.71. The lowest BCUT2D eigenvalue weighted by molar-refractivity contribution is 0.0194. The highest BCUT2D eigenvalue weighted by Gasteiger charge is 2.38. The molecule has 3 aliphatic rings. The van der Waals surface area contributed by atoms with Crippen molar-refractivity contribution in [2.45, 2.75) is 58.0 Å². The predicted octanol–water partition coefficient (Wildman–Crippen LogP) is 4.72. The maximum Gasteiger partial charge on any atom is 0.410 e. The Balaban J connectivity index is 1.46. The second-order valence-corrected chi connectivity index (χ2v) is 10.2. The van der Waals surface area contributed by atoms with Gasteiger partial charge in [-0.25, -0.2) is 4.79 Å². The van der Waals surface area contributed by atoms with Crippen LogP contribution in [-0.4, -0.2) is 46.5 Å². The summed E-state index contributed by atoms with van der Waals surface area (Å²) in [5, 5.41) is 21.2. The Hall–Kier alpha value is -3.47. The number of aromatic amines is 1. The molecule has 2 aromatic rings. The van der Waals surface area contributed by atoms with Crippen LogP contribution in [0.1, 0.15) is 62.6 Å². The van der Waals surface area contributed by atoms with Crippen molar-refractivity contribution in [3.05, 3.63) is 52.4 Å². The smallest absolute Gasteiger partial charge is 0.410 e. The molecule has 1 atom stereocenters. The van der Waals surface area contributed by atoms with Crippen molar-refractivity contribution < 1.29 is 14.3 Å². The maximum absolute atomic E-state index is 12.5. The average Bonchev–Trinajstić information content (AvgIpc) is 3.30. The normalized spacial score (nSPS) is 20.5. The first kappa shape index (κ1) is 22.3. The zero-order chi connectivity index (χ0) is 23.9. The summed E-state index contributed by atoms with van der Waals surface area (Å²) >= 11 is 0. The molecule has 0 radical (unpaired) electrons. The average molecular weight is 462 g/mol. The Morgan fingerprint density at radius 3 is 2.79 bits per heavy atom. The van der Waals surface area contributed by atoms with Crippen LogP contribution in [0.25, 0.3) is 0 Å². The summed E-state index contributed by atoms with van der Waals surface area (Å²) in [4.78, 5) is 14.3. The molecule has 1 fully saturated rings. The number of piperidine rings is 1. The van der Waals surface area contributed by atoms with Crippen LogP contribution in [0.15, 0.2) is 35.7 Å². The van der Waals surface area contributed by atoms with E-state index in [2.05, 4.69) is 39.8 Å². The standard InChI is InChI=1S/C26H31N5O3/c1-26(2,3)34-25(32)31-11-9-16(10-12-31)22-19(14-27)21(20-15-28-30-24(20)29-22)18-8-4-6-17-7-5-13-33-23(17)18/h4,6,8,15-16,21H,5,7,9-13H2,1-3H3,(H2,28,29,30). The van der Waals surface area contributed by atoms with E-state index in [4.69, 9.17) is 9.47 Å². The number of aromatic nitrogens is 2. The number of para-hydroxylation sites is 1. The van der Waals surface area contributed by atoms with Crippen LogP contribution in [0.4, 0.5) is 10.6 Å². The monoisotopic (exact) mass is 461 g/mol. The first-order chi connectivity index (χ1) is 16.4. The van der Waals surface area contributed by atoms with Crippen molar-refractivity contribution in [3.63, 3.8) is 0 Å². The molecule has 2 N–H and O–H groups in total. The zero-order valence-corrected chi connectivity index (χ0v) is 20.0. The van der Waals surface area contributed by atoms with Gasteiger partial charge >= 0.3 is 6.09 Å². The zero-order valence-electron chi connectivity index (χ0n) is 20.0. The van der Waals surface area contributed by atoms with Crippen LogP contribution in [0.5, 0.6) is 5.75 Å². The number of carbonyl (C=O) groups excluding carboxylic acids is 1. The number of anilines is 1. The summed E-state index contributed by atoms with van der Waals surface area (Å²) in [5.74, 6) is 1.61. The number of hydrogen-bond donors (Lipinski definition) is 2. The summed E-state index contributed by atoms with van der Waals surface area (Å²) in [6.45, 7) is 7.50. The highest BCUT2D eigenvalue weighted by molar-refractivity contribution is 5.69. The molecule has 1 saturated heterocycles. The maximum atomic E-state index is 12.5. The van der Waals surface area contributed by atoms with Gasteiger partial charge in [0.05, 0.1) is 30.4 Å². The van der Waals surface area contributed by atoms with Gasteiger partial charge in [0.15, 0.2) is 0 Å². The van der Waals surface area contributed by atoms with E-state index in [1.807, 2.05) is 20.8 Å². The Bertz CT molecular complexity index is 1160. The number of amides is 1. The van der Waals surface area contributed by atoms with Gasteiger partial charge in [0.1, 0.15) is 17.2 Å². The van der Waals surface area contributed by atoms with E-state index in [0.29, 0.717) is 25.3 Å². The van der Waals surface area contributed by atoms with Gasteiger partial charge in [-0.2, -0.15) is 10.4 Å². The SMILES string of the molecule is CC(C)(C)OC(=O)N1CCC(C2=C(C#N)C(c3cccc4c3OCCC4)c3cn[nH]c3N2)CC1. The van der Waals surface area contributed by atoms with Gasteiger partial charge in [0.2, 0.25) is 0 Å². The molecule has 1 unspecified atom stereocenters. The number of rotatable bonds is 2. The fourth-order valence-electron chi connectivity index (χ4n) is 5.22. The van der Waals surface area contributed by atoms with Gasteiger partial charge in [0, 0.05) is 35.8 Å². The van der Waals surface area contributed by atoms with Gasteiger partial charge in [-0.1, -0.05) is 18.2 Å². The summed E-state index contributed by atoms with van der Waals surface area (Å²) in [7, 11) is 0. The molecule has 5 rings (SSSR count). The molecule has 1 amide bonds. The van der Waals surface area contributed by atoms with Gasteiger partial charge in [-0.15, -0.1) is 0 Å². The lowest BCUT2D eigenvalue weighted by Gasteiger charge is -2.37. The molecular formula is C26H31N5O3. The predicted molar refractivity (Wildman–Crippen MR) is 127 cm³/mol. The van der Waals surface area contributed by atoms with Crippen LogP contribution in [0.3, 0.4) is 0 Å². The molecule has 0 spiro atoms. The minimum absolute atomic E-state index is 0.132. The molecule has 8 heteroatoms. The Kier molecular flexibility index (Phi) is 5.72. The summed E-state index contributed by atoms with van der Waals surface area (Å²) in [6, 6.07) is 8.75. The molecule has 0 bridgehead atoms. The van der Waals surface area contributed by atoms with Crippen molar-refractivity contribution in [1.82, 2.24) is 15.1 Å². The van der Waals surface area contributed by atoms with E-state index >= 15 is 0 Å². The van der Waals surface area contributed by atoms with Crippen LogP contribution < -0.4 is 10.1 Å². The Labute approximate surface area is 199 Å². The molecule has 34 heavy (non-hydrogen) atoms. The fourth-order valence-corrected chi connectivity index (χ4v) is 5.22. The van der Waals surface area contributed by atoms with Crippen molar-refractivity contribution in [2.24, 2.45) is 5.92 Å². The van der Waals surface area contributed by atoms with E-state index in [1.54, 1.807) is 11.1 Å². The Morgan fingerprint density at radius 2 is 2.06 bits per heavy atom. The van der Waals surface area contributed by atoms with Crippen molar-refractivity contribution in [2.75, 3.05) is 25.0 Å². The number of likely N-dealkylation sites (tertiary alicyclic amines) is 1. The van der Waals surface area contributed by atoms with Gasteiger partial charge in [0.25, 0.3) is 0 Å². The number of nitrogens with zero attached hydrogens (tertiary/aromatic N) is 3. The van der Waals surface area contributed by atoms with E-state index < -0.39 is 5.60 Å². The summed E-state index contributed by atoms with van der Waals surface area (Å²) < 4.78 is 11.7. The van der Waals surface area contributed by atoms with E-state index in [9.17, 15) is 10.1 Å². The molecule has 0 aliphatic carbocycles. The number of ether oxygens (including phenoxy) is 2. The second-order valence-electron chi connectivity index (χ2n) is 10.2. The molecule has 3 aliphatic heterocycles. The number of fused-ring (bicyclic) bond motifs is 2. The lowest BCUT2D eigenvalue weighted by Crippen LogP contribution is -2.42. The third-order valence-electron chi connectivity index (χ3n) is 6.77. The molecule has 1 aromatic heterocycles. The fraction of sp³-hybridized carbons (Fsp3) is 0.500. The van der Waals surface area contributed by atoms with Crippen molar-refractivity contribution in [3.8, 4) is 11.8 Å². The van der Waals surface area contributed by atoms with E-state index in [-0.39, 0.29) is 17.9 Å². The van der Waals surface area contributed by atoms with Crippen molar-refractivity contribution >= 4 is 11.9 Å². The highest BCUT2D eigenvalue weighted by atomic mass is 16.6. The topological polar surface area (TPSA) is 103 Å². The van der Waals surface area contributed by atoms with Gasteiger partial charge in [-0.3, -0.25) is 5.10 Å². The molecule has 4 heterocycles. The number of hydrogen-bond acceptors (Lipinski definition) is 6. The van der Waals surface area contributed by atoms with Crippen LogP contribution >= 0.6 is 0 Å². The van der Waals surface area contributed by atoms with E-state index in [0.717, 1.165) is 54.1 Å². The number of nitriles is 1. The third-order valence-corrected chi connectivity index (χ3v) is 6.77. The highest BCUT2D eigenvalue weighted by Crippen LogP contribution is 2.47. The lowest BCUT2D eigenvalue weighted by atomic mass is 9.78. The van der Waals surface area contributed by atoms with Crippen molar-refractivity contribution in [1.29, 1.82) is 5.26 Å². The molecule has 1 aromatic carbocycles. The van der Waals surface area contributed by atoms with Crippen LogP contribution in [0, 0.1) is 17.2 Å². The number of carbonyl (C=O) groups is 1. The van der Waals surface area contributed by atoms with Crippen LogP contribution in [0.2, 0.25) is 0 Å². The molecule has 178 valence electrons. The Morgan fingerprint density at radius 1 is 1.26 bits per heavy atom. The quantitative estimate of drug-likeness (QED) is 0.671. The van der Waals surface area contributed by atoms with Crippen LogP contribution in [-0.2, 0) is 11.2 Å². The number of aryl methyl sites for hydroxylation is 1. The minimum Gasteiger partial charge on any atom is -0.493 e. The van der Waals surface area contributed by atoms with Gasteiger partial charge in [-0.05, 0) is 52.0 Å². The number of H-pyrrole nitrogens is 1. The molecular weight excluding hydrogens is 430 g/mol. The largest absolute Gasteiger partial charge is 0.493 e. The van der Waals surface area contributed by atoms with E-state index in [1.165, 1.54) is 5.56 Å². The molecule has 0 saturated carbocycles. The minimum atomic E-state index is -0.517. The summed E-state index contributed by atoms with van der Waals surface area (Å²) in [6.07, 6.45) is 5.02. The third kappa shape index (κ3) is 4.11. The molecule has 8 nitrogen and oxygen atoms in total. The number of allylic oxidation sites excluding steroid dienone is 2. The number of nitrogens with one attached hydrogen (secondary N) is 2. The first-order valence-corrected chi connectivity index (χ1v) is 12.0.